The van der Waals surface area contributed by atoms with Gasteiger partial charge in [0.25, 0.3) is 5.91 Å². The molecule has 0 spiro atoms. The van der Waals surface area contributed by atoms with Crippen molar-refractivity contribution in [3.63, 3.8) is 0 Å². The predicted molar refractivity (Wildman–Crippen MR) is 109 cm³/mol. The van der Waals surface area contributed by atoms with Crippen LogP contribution in [0.15, 0.2) is 23.8 Å². The summed E-state index contributed by atoms with van der Waals surface area (Å²) >= 11 is 0. The number of amides is 2. The monoisotopic (exact) mass is 386 g/mol. The number of carbonyl (C=O) groups is 3. The van der Waals surface area contributed by atoms with E-state index in [1.54, 1.807) is 15.9 Å². The molecule has 6 heteroatoms. The molecule has 1 aromatic rings. The summed E-state index contributed by atoms with van der Waals surface area (Å²) in [5.41, 5.74) is 2.61. The van der Waals surface area contributed by atoms with Crippen molar-refractivity contribution in [2.75, 3.05) is 26.2 Å². The molecule has 2 amide bonds. The molecule has 1 heterocycles. The molecule has 0 radical (unpaired) electrons. The van der Waals surface area contributed by atoms with Crippen LogP contribution in [0.2, 0.25) is 0 Å². The highest BCUT2D eigenvalue weighted by Gasteiger charge is 2.29. The van der Waals surface area contributed by atoms with E-state index in [4.69, 9.17) is 4.74 Å². The Morgan fingerprint density at radius 2 is 1.57 bits per heavy atom. The molecule has 1 aromatic carbocycles. The summed E-state index contributed by atoms with van der Waals surface area (Å²) in [6, 6.07) is 5.90. The Balaban J connectivity index is 2.10. The third-order valence-corrected chi connectivity index (χ3v) is 4.55. The lowest BCUT2D eigenvalue weighted by Crippen LogP contribution is -2.52. The molecule has 6 nitrogen and oxygen atoms in total. The molecule has 1 aliphatic heterocycles. The molecule has 0 atom stereocenters. The Kier molecular flexibility index (Phi) is 6.65. The van der Waals surface area contributed by atoms with Crippen molar-refractivity contribution in [1.29, 1.82) is 0 Å². The summed E-state index contributed by atoms with van der Waals surface area (Å²) in [6.45, 7) is 12.3. The van der Waals surface area contributed by atoms with Crippen molar-refractivity contribution < 1.29 is 19.1 Å². The van der Waals surface area contributed by atoms with E-state index < -0.39 is 5.60 Å². The van der Waals surface area contributed by atoms with Crippen LogP contribution in [0.4, 0.5) is 4.79 Å². The van der Waals surface area contributed by atoms with Crippen molar-refractivity contribution in [3.8, 4) is 0 Å². The minimum atomic E-state index is -0.555. The fraction of sp³-hybridized carbons (Fsp3) is 0.500. The third-order valence-electron chi connectivity index (χ3n) is 4.55. The van der Waals surface area contributed by atoms with Gasteiger partial charge in [0.1, 0.15) is 5.60 Å². The lowest BCUT2D eigenvalue weighted by Gasteiger charge is -2.35. The fourth-order valence-electron chi connectivity index (χ4n) is 3.05. The van der Waals surface area contributed by atoms with Gasteiger partial charge in [-0.2, -0.15) is 0 Å². The van der Waals surface area contributed by atoms with Gasteiger partial charge >= 0.3 is 6.09 Å². The SMILES string of the molecule is CC(=O)/C(=C\c1ccc(C)cc1C)C(=O)N1CCN(C(=O)OC(C)(C)C)CC1. The molecule has 1 aliphatic rings. The number of hydrogen-bond acceptors (Lipinski definition) is 4. The maximum Gasteiger partial charge on any atom is 0.410 e. The van der Waals surface area contributed by atoms with Gasteiger partial charge in [-0.3, -0.25) is 9.59 Å². The molecule has 0 unspecified atom stereocenters. The molecule has 2 rings (SSSR count). The Hall–Kier alpha value is -2.63. The number of ketones is 1. The largest absolute Gasteiger partial charge is 0.444 e. The molecule has 0 bridgehead atoms. The second-order valence-corrected chi connectivity index (χ2v) is 8.23. The average molecular weight is 386 g/mol. The van der Waals surface area contributed by atoms with E-state index >= 15 is 0 Å². The maximum absolute atomic E-state index is 12.9. The van der Waals surface area contributed by atoms with Crippen LogP contribution in [0.1, 0.15) is 44.4 Å². The minimum Gasteiger partial charge on any atom is -0.444 e. The van der Waals surface area contributed by atoms with E-state index in [1.807, 2.05) is 52.8 Å². The van der Waals surface area contributed by atoms with Crippen LogP contribution in [0.3, 0.4) is 0 Å². The van der Waals surface area contributed by atoms with Crippen LogP contribution in [0, 0.1) is 13.8 Å². The van der Waals surface area contributed by atoms with Crippen molar-refractivity contribution in [2.24, 2.45) is 0 Å². The third kappa shape index (κ3) is 5.68. The smallest absolute Gasteiger partial charge is 0.410 e. The van der Waals surface area contributed by atoms with Crippen LogP contribution >= 0.6 is 0 Å². The topological polar surface area (TPSA) is 66.9 Å². The summed E-state index contributed by atoms with van der Waals surface area (Å²) in [5.74, 6) is -0.559. The number of hydrogen-bond donors (Lipinski definition) is 0. The highest BCUT2D eigenvalue weighted by atomic mass is 16.6. The van der Waals surface area contributed by atoms with Crippen LogP contribution in [-0.2, 0) is 14.3 Å². The second kappa shape index (κ2) is 8.59. The van der Waals surface area contributed by atoms with Gasteiger partial charge in [0, 0.05) is 26.2 Å². The van der Waals surface area contributed by atoms with E-state index in [0.717, 1.165) is 16.7 Å². The van der Waals surface area contributed by atoms with Crippen LogP contribution < -0.4 is 0 Å². The zero-order valence-corrected chi connectivity index (χ0v) is 17.7. The van der Waals surface area contributed by atoms with Gasteiger partial charge in [0.15, 0.2) is 5.78 Å². The van der Waals surface area contributed by atoms with Gasteiger partial charge in [-0.15, -0.1) is 0 Å². The number of benzene rings is 1. The summed E-state index contributed by atoms with van der Waals surface area (Å²) in [7, 11) is 0. The first-order valence-electron chi connectivity index (χ1n) is 9.55. The van der Waals surface area contributed by atoms with Gasteiger partial charge in [-0.1, -0.05) is 23.8 Å². The van der Waals surface area contributed by atoms with Crippen LogP contribution in [0.5, 0.6) is 0 Å². The number of aryl methyl sites for hydroxylation is 2. The average Bonchev–Trinajstić information content (AvgIpc) is 2.59. The first-order chi connectivity index (χ1) is 13.0. The van der Waals surface area contributed by atoms with E-state index in [1.165, 1.54) is 6.92 Å². The highest BCUT2D eigenvalue weighted by Crippen LogP contribution is 2.18. The zero-order chi connectivity index (χ0) is 21.1. The van der Waals surface area contributed by atoms with E-state index in [0.29, 0.717) is 26.2 Å². The quantitative estimate of drug-likeness (QED) is 0.454. The summed E-state index contributed by atoms with van der Waals surface area (Å²) in [4.78, 5) is 40.5. The van der Waals surface area contributed by atoms with Crippen molar-refractivity contribution in [3.05, 3.63) is 40.5 Å². The standard InChI is InChI=1S/C22H30N2O4/c1-15-7-8-18(16(2)13-15)14-19(17(3)25)20(26)23-9-11-24(12-10-23)21(27)28-22(4,5)6/h7-8,13-14H,9-12H2,1-6H3/b19-14+. The first kappa shape index (κ1) is 21.7. The molecule has 28 heavy (non-hydrogen) atoms. The van der Waals surface area contributed by atoms with Crippen molar-refractivity contribution in [2.45, 2.75) is 47.1 Å². The molecular formula is C22H30N2O4. The van der Waals surface area contributed by atoms with Crippen molar-refractivity contribution >= 4 is 23.9 Å². The summed E-state index contributed by atoms with van der Waals surface area (Å²) in [5, 5.41) is 0. The number of piperazine rings is 1. The van der Waals surface area contributed by atoms with Crippen LogP contribution in [-0.4, -0.2) is 59.4 Å². The maximum atomic E-state index is 12.9. The summed E-state index contributed by atoms with van der Waals surface area (Å²) in [6.07, 6.45) is 1.29. The lowest BCUT2D eigenvalue weighted by atomic mass is 10.0. The lowest BCUT2D eigenvalue weighted by molar-refractivity contribution is -0.130. The molecule has 0 aromatic heterocycles. The van der Waals surface area contributed by atoms with Gasteiger partial charge in [-0.25, -0.2) is 4.79 Å². The number of ether oxygens (including phenoxy) is 1. The number of carbonyl (C=O) groups excluding carboxylic acids is 3. The molecule has 0 N–H and O–H groups in total. The summed E-state index contributed by atoms with van der Waals surface area (Å²) < 4.78 is 5.38. The van der Waals surface area contributed by atoms with Gasteiger partial charge in [0.2, 0.25) is 0 Å². The molecule has 0 saturated carbocycles. The number of rotatable bonds is 3. The second-order valence-electron chi connectivity index (χ2n) is 8.23. The van der Waals surface area contributed by atoms with Gasteiger partial charge in [0.05, 0.1) is 5.57 Å². The fourth-order valence-corrected chi connectivity index (χ4v) is 3.05. The van der Waals surface area contributed by atoms with Crippen molar-refractivity contribution in [1.82, 2.24) is 9.80 Å². The zero-order valence-electron chi connectivity index (χ0n) is 17.7. The molecule has 1 fully saturated rings. The minimum absolute atomic E-state index is 0.165. The van der Waals surface area contributed by atoms with E-state index in [9.17, 15) is 14.4 Å². The molecule has 0 aliphatic carbocycles. The van der Waals surface area contributed by atoms with E-state index in [2.05, 4.69) is 0 Å². The Labute approximate surface area is 167 Å². The highest BCUT2D eigenvalue weighted by molar-refractivity contribution is 6.21. The normalized spacial score (nSPS) is 15.4. The van der Waals surface area contributed by atoms with E-state index in [-0.39, 0.29) is 23.4 Å². The number of nitrogens with zero attached hydrogens (tertiary/aromatic N) is 2. The van der Waals surface area contributed by atoms with Gasteiger partial charge < -0.3 is 14.5 Å². The van der Waals surface area contributed by atoms with Crippen LogP contribution in [0.25, 0.3) is 6.08 Å². The Morgan fingerprint density at radius 3 is 2.07 bits per heavy atom. The molecule has 1 saturated heterocycles. The predicted octanol–water partition coefficient (Wildman–Crippen LogP) is 3.36. The Morgan fingerprint density at radius 1 is 1.00 bits per heavy atom. The number of Topliss-reactive ketones (excluding diaryl/α,β-unsaturated/α-hetero) is 1. The first-order valence-corrected chi connectivity index (χ1v) is 9.55. The molecular weight excluding hydrogens is 356 g/mol. The Bertz CT molecular complexity index is 797. The van der Waals surface area contributed by atoms with Gasteiger partial charge in [-0.05, 0) is 58.7 Å². The molecule has 152 valence electrons.